The highest BCUT2D eigenvalue weighted by Crippen LogP contribution is 2.34. The van der Waals surface area contributed by atoms with Crippen LogP contribution < -0.4 is 10.1 Å². The Bertz CT molecular complexity index is 1120. The SMILES string of the molecule is COc1ccc([C@@H](CC(=O)Nc2ccc(C)cc2C)N2Cc3ccccc3C2=O)cc1. The normalized spacial score (nSPS) is 13.6. The van der Waals surface area contributed by atoms with Gasteiger partial charge in [-0.2, -0.15) is 0 Å². The van der Waals surface area contributed by atoms with Crippen LogP contribution in [0.4, 0.5) is 5.69 Å². The number of nitrogens with zero attached hydrogens (tertiary/aromatic N) is 1. The van der Waals surface area contributed by atoms with Gasteiger partial charge >= 0.3 is 0 Å². The largest absolute Gasteiger partial charge is 0.497 e. The van der Waals surface area contributed by atoms with E-state index in [1.54, 1.807) is 12.0 Å². The molecule has 5 heteroatoms. The number of amides is 2. The molecule has 3 aromatic carbocycles. The van der Waals surface area contributed by atoms with Gasteiger partial charge in [0, 0.05) is 17.8 Å². The number of nitrogens with one attached hydrogen (secondary N) is 1. The van der Waals surface area contributed by atoms with Crippen LogP contribution >= 0.6 is 0 Å². The Hall–Kier alpha value is -3.60. The predicted molar refractivity (Wildman–Crippen MR) is 121 cm³/mol. The minimum Gasteiger partial charge on any atom is -0.497 e. The summed E-state index contributed by atoms with van der Waals surface area (Å²) in [6.45, 7) is 4.49. The van der Waals surface area contributed by atoms with E-state index < -0.39 is 0 Å². The first-order valence-electron chi connectivity index (χ1n) is 10.4. The second-order valence-electron chi connectivity index (χ2n) is 7.95. The van der Waals surface area contributed by atoms with E-state index in [0.717, 1.165) is 33.7 Å². The van der Waals surface area contributed by atoms with E-state index in [2.05, 4.69) is 5.32 Å². The van der Waals surface area contributed by atoms with E-state index in [4.69, 9.17) is 4.74 Å². The molecule has 0 unspecified atom stereocenters. The molecule has 1 atom stereocenters. The molecule has 1 aliphatic heterocycles. The van der Waals surface area contributed by atoms with Gasteiger partial charge in [-0.3, -0.25) is 9.59 Å². The van der Waals surface area contributed by atoms with E-state index in [1.165, 1.54) is 0 Å². The zero-order valence-electron chi connectivity index (χ0n) is 18.0. The van der Waals surface area contributed by atoms with Crippen molar-refractivity contribution < 1.29 is 14.3 Å². The van der Waals surface area contributed by atoms with Gasteiger partial charge in [-0.05, 0) is 54.8 Å². The lowest BCUT2D eigenvalue weighted by atomic mass is 10.0. The van der Waals surface area contributed by atoms with Gasteiger partial charge in [-0.15, -0.1) is 0 Å². The van der Waals surface area contributed by atoms with Crippen molar-refractivity contribution in [2.45, 2.75) is 32.9 Å². The van der Waals surface area contributed by atoms with Crippen LogP contribution in [-0.4, -0.2) is 23.8 Å². The number of fused-ring (bicyclic) bond motifs is 1. The van der Waals surface area contributed by atoms with Crippen molar-refractivity contribution in [3.05, 3.63) is 94.5 Å². The van der Waals surface area contributed by atoms with Gasteiger partial charge in [0.25, 0.3) is 5.91 Å². The lowest BCUT2D eigenvalue weighted by Crippen LogP contribution is -2.32. The maximum atomic E-state index is 13.1. The van der Waals surface area contributed by atoms with Crippen LogP contribution in [0.15, 0.2) is 66.7 Å². The highest BCUT2D eigenvalue weighted by molar-refractivity contribution is 5.99. The molecule has 31 heavy (non-hydrogen) atoms. The Labute approximate surface area is 182 Å². The molecule has 0 saturated carbocycles. The lowest BCUT2D eigenvalue weighted by molar-refractivity contribution is -0.117. The molecule has 158 valence electrons. The molecule has 5 nitrogen and oxygen atoms in total. The number of hydrogen-bond acceptors (Lipinski definition) is 3. The molecule has 0 aromatic heterocycles. The summed E-state index contributed by atoms with van der Waals surface area (Å²) in [6, 6.07) is 20.7. The van der Waals surface area contributed by atoms with Gasteiger partial charge in [-0.25, -0.2) is 0 Å². The fourth-order valence-electron chi connectivity index (χ4n) is 4.09. The fraction of sp³-hybridized carbons (Fsp3) is 0.231. The fourth-order valence-corrected chi connectivity index (χ4v) is 4.09. The molecule has 0 saturated heterocycles. The quantitative estimate of drug-likeness (QED) is 0.615. The van der Waals surface area contributed by atoms with Gasteiger partial charge < -0.3 is 15.0 Å². The third-order valence-corrected chi connectivity index (χ3v) is 5.76. The van der Waals surface area contributed by atoms with Gasteiger partial charge in [0.15, 0.2) is 0 Å². The number of anilines is 1. The van der Waals surface area contributed by atoms with Gasteiger partial charge in [0.2, 0.25) is 5.91 Å². The van der Waals surface area contributed by atoms with Crippen LogP contribution in [0.2, 0.25) is 0 Å². The first-order chi connectivity index (χ1) is 15.0. The Morgan fingerprint density at radius 3 is 2.48 bits per heavy atom. The Kier molecular flexibility index (Phi) is 5.76. The van der Waals surface area contributed by atoms with E-state index in [1.807, 2.05) is 80.6 Å². The number of benzene rings is 3. The number of aryl methyl sites for hydroxylation is 2. The summed E-state index contributed by atoms with van der Waals surface area (Å²) in [6.07, 6.45) is 0.166. The summed E-state index contributed by atoms with van der Waals surface area (Å²) in [4.78, 5) is 27.9. The predicted octanol–water partition coefficient (Wildman–Crippen LogP) is 5.04. The zero-order chi connectivity index (χ0) is 22.0. The summed E-state index contributed by atoms with van der Waals surface area (Å²) < 4.78 is 5.27. The van der Waals surface area contributed by atoms with Crippen molar-refractivity contribution in [2.24, 2.45) is 0 Å². The number of carbonyl (C=O) groups is 2. The second-order valence-corrected chi connectivity index (χ2v) is 7.95. The third kappa shape index (κ3) is 4.31. The highest BCUT2D eigenvalue weighted by Gasteiger charge is 2.34. The third-order valence-electron chi connectivity index (χ3n) is 5.76. The maximum absolute atomic E-state index is 13.1. The Morgan fingerprint density at radius 1 is 1.06 bits per heavy atom. The van der Waals surface area contributed by atoms with Crippen LogP contribution in [0, 0.1) is 13.8 Å². The molecule has 1 aliphatic rings. The maximum Gasteiger partial charge on any atom is 0.255 e. The van der Waals surface area contributed by atoms with Gasteiger partial charge in [0.1, 0.15) is 5.75 Å². The van der Waals surface area contributed by atoms with Crippen LogP contribution in [0.1, 0.15) is 45.1 Å². The van der Waals surface area contributed by atoms with E-state index in [-0.39, 0.29) is 24.3 Å². The minimum absolute atomic E-state index is 0.0456. The number of hydrogen-bond donors (Lipinski definition) is 1. The highest BCUT2D eigenvalue weighted by atomic mass is 16.5. The monoisotopic (exact) mass is 414 g/mol. The lowest BCUT2D eigenvalue weighted by Gasteiger charge is -2.28. The molecule has 1 N–H and O–H groups in total. The summed E-state index contributed by atoms with van der Waals surface area (Å²) in [5.41, 5.74) is 5.54. The van der Waals surface area contributed by atoms with E-state index >= 15 is 0 Å². The zero-order valence-corrected chi connectivity index (χ0v) is 18.0. The Balaban J connectivity index is 1.61. The van der Waals surface area contributed by atoms with Crippen LogP contribution in [0.25, 0.3) is 0 Å². The second kappa shape index (κ2) is 8.64. The van der Waals surface area contributed by atoms with Crippen molar-refractivity contribution in [2.75, 3.05) is 12.4 Å². The molecular weight excluding hydrogens is 388 g/mol. The van der Waals surface area contributed by atoms with Crippen molar-refractivity contribution in [3.8, 4) is 5.75 Å². The standard InChI is InChI=1S/C26H26N2O3/c1-17-8-13-23(18(2)14-17)27-25(29)15-24(19-9-11-21(31-3)12-10-19)28-16-20-6-4-5-7-22(20)26(28)30/h4-14,24H,15-16H2,1-3H3,(H,27,29)/t24-/m1/s1. The molecule has 0 bridgehead atoms. The number of rotatable bonds is 6. The minimum atomic E-state index is -0.378. The summed E-state index contributed by atoms with van der Waals surface area (Å²) in [5.74, 6) is 0.561. The topological polar surface area (TPSA) is 58.6 Å². The summed E-state index contributed by atoms with van der Waals surface area (Å²) in [5, 5.41) is 3.02. The van der Waals surface area contributed by atoms with E-state index in [0.29, 0.717) is 12.1 Å². The van der Waals surface area contributed by atoms with Crippen LogP contribution in [-0.2, 0) is 11.3 Å². The molecule has 2 amide bonds. The molecule has 1 heterocycles. The number of methoxy groups -OCH3 is 1. The van der Waals surface area contributed by atoms with Gasteiger partial charge in [-0.1, -0.05) is 48.0 Å². The molecule has 0 fully saturated rings. The first kappa shape index (κ1) is 20.7. The van der Waals surface area contributed by atoms with Crippen molar-refractivity contribution in [1.29, 1.82) is 0 Å². The molecule has 0 radical (unpaired) electrons. The van der Waals surface area contributed by atoms with Crippen LogP contribution in [0.3, 0.4) is 0 Å². The first-order valence-corrected chi connectivity index (χ1v) is 10.4. The summed E-state index contributed by atoms with van der Waals surface area (Å²) in [7, 11) is 1.62. The molecular formula is C26H26N2O3. The smallest absolute Gasteiger partial charge is 0.255 e. The molecule has 3 aromatic rings. The average molecular weight is 415 g/mol. The van der Waals surface area contributed by atoms with Crippen molar-refractivity contribution in [3.63, 3.8) is 0 Å². The molecule has 0 aliphatic carbocycles. The average Bonchev–Trinajstić information content (AvgIpc) is 3.11. The number of carbonyl (C=O) groups excluding carboxylic acids is 2. The summed E-state index contributed by atoms with van der Waals surface area (Å²) >= 11 is 0. The number of ether oxygens (including phenoxy) is 1. The van der Waals surface area contributed by atoms with Crippen molar-refractivity contribution in [1.82, 2.24) is 4.90 Å². The molecule has 4 rings (SSSR count). The van der Waals surface area contributed by atoms with Crippen LogP contribution in [0.5, 0.6) is 5.75 Å². The Morgan fingerprint density at radius 2 is 1.81 bits per heavy atom. The van der Waals surface area contributed by atoms with Gasteiger partial charge in [0.05, 0.1) is 19.6 Å². The van der Waals surface area contributed by atoms with Crippen molar-refractivity contribution >= 4 is 17.5 Å². The van der Waals surface area contributed by atoms with E-state index in [9.17, 15) is 9.59 Å². The molecule has 0 spiro atoms.